The van der Waals surface area contributed by atoms with Crippen LogP contribution in [0.4, 0.5) is 16.2 Å². The minimum atomic E-state index is -0.614. The second-order valence-electron chi connectivity index (χ2n) is 6.30. The number of benzene rings is 3. The summed E-state index contributed by atoms with van der Waals surface area (Å²) in [5, 5.41) is 3.02. The number of carbonyl (C=O) groups excluding carboxylic acids is 2. The zero-order valence-electron chi connectivity index (χ0n) is 15.4. The summed E-state index contributed by atoms with van der Waals surface area (Å²) in [6, 6.07) is 19.8. The summed E-state index contributed by atoms with van der Waals surface area (Å²) >= 11 is 6.18. The highest BCUT2D eigenvalue weighted by molar-refractivity contribution is 6.36. The quantitative estimate of drug-likeness (QED) is 0.476. The Morgan fingerprint density at radius 3 is 2.48 bits per heavy atom. The topological polar surface area (TPSA) is 75.4 Å². The van der Waals surface area contributed by atoms with Gasteiger partial charge in [-0.1, -0.05) is 41.9 Å². The molecule has 0 saturated carbocycles. The van der Waals surface area contributed by atoms with Crippen LogP contribution >= 0.6 is 11.6 Å². The van der Waals surface area contributed by atoms with Crippen LogP contribution in [0.15, 0.2) is 77.2 Å². The van der Waals surface area contributed by atoms with Gasteiger partial charge >= 0.3 is 6.03 Å². The van der Waals surface area contributed by atoms with Crippen molar-refractivity contribution in [3.63, 3.8) is 0 Å². The smallest absolute Gasteiger partial charge is 0.333 e. The first-order valence-electron chi connectivity index (χ1n) is 8.85. The highest BCUT2D eigenvalue weighted by Crippen LogP contribution is 2.24. The number of para-hydroxylation sites is 1. The molecule has 1 N–H and O–H groups in total. The van der Waals surface area contributed by atoms with Crippen LogP contribution in [0.25, 0.3) is 11.1 Å². The summed E-state index contributed by atoms with van der Waals surface area (Å²) in [7, 11) is 0. The zero-order valence-corrected chi connectivity index (χ0v) is 16.2. The number of nitrogens with one attached hydrogen (secondary N) is 1. The van der Waals surface area contributed by atoms with E-state index < -0.39 is 11.9 Å². The first-order valence-corrected chi connectivity index (χ1v) is 9.23. The van der Waals surface area contributed by atoms with Gasteiger partial charge in [-0.05, 0) is 36.4 Å². The van der Waals surface area contributed by atoms with E-state index in [-0.39, 0.29) is 10.6 Å². The number of imide groups is 1. The minimum absolute atomic E-state index is 0.231. The van der Waals surface area contributed by atoms with E-state index in [1.165, 1.54) is 0 Å². The van der Waals surface area contributed by atoms with Crippen molar-refractivity contribution in [2.24, 2.45) is 0 Å². The molecule has 0 radical (unpaired) electrons. The molecule has 0 aliphatic carbocycles. The van der Waals surface area contributed by atoms with Crippen molar-refractivity contribution in [3.8, 4) is 0 Å². The minimum Gasteiger partial charge on any atom is -0.441 e. The van der Waals surface area contributed by atoms with Gasteiger partial charge in [-0.2, -0.15) is 0 Å². The lowest BCUT2D eigenvalue weighted by molar-refractivity contribution is 0.0996. The fraction of sp³-hybridized carbons (Fsp3) is 0.0455. The number of hydrogen-bond acceptors (Lipinski definition) is 4. The highest BCUT2D eigenvalue weighted by Gasteiger charge is 2.26. The molecule has 1 aromatic heterocycles. The van der Waals surface area contributed by atoms with E-state index in [1.807, 2.05) is 0 Å². The van der Waals surface area contributed by atoms with Crippen LogP contribution in [0.2, 0.25) is 5.02 Å². The average molecular weight is 406 g/mol. The van der Waals surface area contributed by atoms with Crippen LogP contribution < -0.4 is 10.2 Å². The second kappa shape index (κ2) is 7.77. The molecule has 0 aliphatic rings. The Morgan fingerprint density at radius 1 is 1.00 bits per heavy atom. The maximum Gasteiger partial charge on any atom is 0.333 e. The molecule has 29 heavy (non-hydrogen) atoms. The molecular weight excluding hydrogens is 390 g/mol. The molecule has 0 saturated heterocycles. The second-order valence-corrected chi connectivity index (χ2v) is 6.71. The number of amides is 3. The molecule has 0 bridgehead atoms. The van der Waals surface area contributed by atoms with E-state index in [9.17, 15) is 9.59 Å². The Labute approximate surface area is 171 Å². The van der Waals surface area contributed by atoms with Crippen molar-refractivity contribution in [1.29, 1.82) is 0 Å². The molecule has 0 aliphatic heterocycles. The molecule has 3 aromatic carbocycles. The van der Waals surface area contributed by atoms with Crippen LogP contribution in [0, 0.1) is 6.92 Å². The summed E-state index contributed by atoms with van der Waals surface area (Å²) in [5.74, 6) is -0.000765. The fourth-order valence-electron chi connectivity index (χ4n) is 2.96. The van der Waals surface area contributed by atoms with Crippen molar-refractivity contribution in [3.05, 3.63) is 89.3 Å². The number of aromatic nitrogens is 1. The molecule has 0 unspecified atom stereocenters. The van der Waals surface area contributed by atoms with Crippen molar-refractivity contribution in [2.45, 2.75) is 6.92 Å². The van der Waals surface area contributed by atoms with E-state index in [0.717, 1.165) is 4.90 Å². The normalized spacial score (nSPS) is 10.7. The molecule has 0 atom stereocenters. The van der Waals surface area contributed by atoms with Gasteiger partial charge in [-0.15, -0.1) is 0 Å². The van der Waals surface area contributed by atoms with Gasteiger partial charge in [0.2, 0.25) is 0 Å². The number of fused-ring (bicyclic) bond motifs is 1. The lowest BCUT2D eigenvalue weighted by atomic mass is 10.2. The Bertz CT molecular complexity index is 1200. The van der Waals surface area contributed by atoms with Crippen LogP contribution in [0.5, 0.6) is 0 Å². The Morgan fingerprint density at radius 2 is 1.72 bits per heavy atom. The van der Waals surface area contributed by atoms with Crippen molar-refractivity contribution in [1.82, 2.24) is 4.98 Å². The van der Waals surface area contributed by atoms with Gasteiger partial charge in [-0.25, -0.2) is 14.7 Å². The van der Waals surface area contributed by atoms with Gasteiger partial charge in [0.05, 0.1) is 16.3 Å². The summed E-state index contributed by atoms with van der Waals surface area (Å²) in [5.41, 5.74) is 2.36. The van der Waals surface area contributed by atoms with Gasteiger partial charge in [0.25, 0.3) is 5.91 Å². The molecular formula is C22H16ClN3O3. The Kier molecular flexibility index (Phi) is 5.01. The summed E-state index contributed by atoms with van der Waals surface area (Å²) in [6.45, 7) is 1.75. The van der Waals surface area contributed by atoms with E-state index in [1.54, 1.807) is 79.7 Å². The molecule has 144 valence electrons. The lowest BCUT2D eigenvalue weighted by Gasteiger charge is -2.22. The third kappa shape index (κ3) is 3.83. The third-order valence-corrected chi connectivity index (χ3v) is 4.60. The largest absolute Gasteiger partial charge is 0.441 e. The molecule has 4 rings (SSSR count). The molecule has 0 fully saturated rings. The molecule has 7 heteroatoms. The Hall–Kier alpha value is -3.64. The molecule has 4 aromatic rings. The van der Waals surface area contributed by atoms with Gasteiger partial charge in [0, 0.05) is 18.7 Å². The van der Waals surface area contributed by atoms with E-state index in [0.29, 0.717) is 28.4 Å². The van der Waals surface area contributed by atoms with Gasteiger partial charge in [0.1, 0.15) is 5.52 Å². The summed E-state index contributed by atoms with van der Waals surface area (Å²) in [6.07, 6.45) is 0. The van der Waals surface area contributed by atoms with Crippen LogP contribution in [0.1, 0.15) is 16.2 Å². The summed E-state index contributed by atoms with van der Waals surface area (Å²) < 4.78 is 5.51. The monoisotopic (exact) mass is 405 g/mol. The molecule has 0 spiro atoms. The highest BCUT2D eigenvalue weighted by atomic mass is 35.5. The van der Waals surface area contributed by atoms with Crippen molar-refractivity contribution >= 4 is 46.0 Å². The SMILES string of the molecule is Cc1nc2ccc(NC(=O)N(C(=O)c3ccccc3Cl)c3ccccc3)cc2o1. The zero-order chi connectivity index (χ0) is 20.4. The fourth-order valence-corrected chi connectivity index (χ4v) is 3.17. The van der Waals surface area contributed by atoms with Gasteiger partial charge in [-0.3, -0.25) is 4.79 Å². The van der Waals surface area contributed by atoms with Gasteiger partial charge in [0.15, 0.2) is 11.5 Å². The number of aryl methyl sites for hydroxylation is 1. The predicted molar refractivity (Wildman–Crippen MR) is 112 cm³/mol. The van der Waals surface area contributed by atoms with Crippen molar-refractivity contribution < 1.29 is 14.0 Å². The van der Waals surface area contributed by atoms with E-state index in [2.05, 4.69) is 10.3 Å². The molecule has 6 nitrogen and oxygen atoms in total. The van der Waals surface area contributed by atoms with Crippen LogP contribution in [-0.4, -0.2) is 16.9 Å². The van der Waals surface area contributed by atoms with E-state index >= 15 is 0 Å². The molecule has 3 amide bonds. The number of anilines is 2. The maximum absolute atomic E-state index is 13.2. The average Bonchev–Trinajstić information content (AvgIpc) is 3.08. The number of rotatable bonds is 3. The van der Waals surface area contributed by atoms with Crippen LogP contribution in [-0.2, 0) is 0 Å². The number of halogens is 1. The number of carbonyl (C=O) groups is 2. The maximum atomic E-state index is 13.2. The molecule has 1 heterocycles. The van der Waals surface area contributed by atoms with E-state index in [4.69, 9.17) is 16.0 Å². The lowest BCUT2D eigenvalue weighted by Crippen LogP contribution is -2.40. The third-order valence-electron chi connectivity index (χ3n) is 4.27. The Balaban J connectivity index is 1.69. The number of nitrogens with zero attached hydrogens (tertiary/aromatic N) is 2. The number of oxazole rings is 1. The van der Waals surface area contributed by atoms with Gasteiger partial charge < -0.3 is 9.73 Å². The first kappa shape index (κ1) is 18.7. The number of urea groups is 1. The van der Waals surface area contributed by atoms with Crippen LogP contribution in [0.3, 0.4) is 0 Å². The standard InChI is InChI=1S/C22H16ClN3O3/c1-14-24-19-12-11-15(13-20(19)29-14)25-22(28)26(16-7-3-2-4-8-16)21(27)17-9-5-6-10-18(17)23/h2-13H,1H3,(H,25,28). The number of hydrogen-bond donors (Lipinski definition) is 1. The predicted octanol–water partition coefficient (Wildman–Crippen LogP) is 5.67. The van der Waals surface area contributed by atoms with Crippen molar-refractivity contribution in [2.75, 3.05) is 10.2 Å². The first-order chi connectivity index (χ1) is 14.0. The summed E-state index contributed by atoms with van der Waals surface area (Å²) in [4.78, 5) is 31.5.